The molecule has 0 spiro atoms. The highest BCUT2D eigenvalue weighted by Crippen LogP contribution is 2.10. The fourth-order valence-electron chi connectivity index (χ4n) is 6.83. The molecule has 1 aromatic carbocycles. The van der Waals surface area contributed by atoms with E-state index in [1.807, 2.05) is 0 Å². The molecule has 0 bridgehead atoms. The topological polar surface area (TPSA) is 472 Å². The number of hydrazine groups is 1. The molecule has 29 heteroatoms. The molecule has 73 heavy (non-hydrogen) atoms. The van der Waals surface area contributed by atoms with Crippen LogP contribution >= 0.6 is 12.6 Å². The van der Waals surface area contributed by atoms with Gasteiger partial charge in [0.25, 0.3) is 0 Å². The number of hydrogen-bond acceptors (Lipinski definition) is 24. The maximum atomic E-state index is 14.3. The first-order valence-corrected chi connectivity index (χ1v) is 23.6. The number of Topliss-reactive ketones (excluding diaryl/α,β-unsaturated/α-hetero) is 7. The average molecular weight is 1050 g/mol. The van der Waals surface area contributed by atoms with Crippen LogP contribution in [0.4, 0.5) is 0 Å². The van der Waals surface area contributed by atoms with Gasteiger partial charge in [-0.1, -0.05) is 30.3 Å². The fraction of sp³-hybridized carbons (Fsp3) is 0.545. The van der Waals surface area contributed by atoms with Gasteiger partial charge in [-0.25, -0.2) is 15.8 Å². The van der Waals surface area contributed by atoms with Crippen LogP contribution in [-0.4, -0.2) is 188 Å². The number of ketones is 7. The number of nitrogens with zero attached hydrogens (tertiary/aromatic N) is 1. The van der Waals surface area contributed by atoms with E-state index in [4.69, 9.17) is 22.3 Å². The number of carboxylic acids is 3. The van der Waals surface area contributed by atoms with Gasteiger partial charge in [0.2, 0.25) is 29.0 Å². The van der Waals surface area contributed by atoms with Crippen LogP contribution in [0, 0.1) is 0 Å². The highest BCUT2D eigenvalue weighted by molar-refractivity contribution is 7.80. The predicted octanol–water partition coefficient (Wildman–Crippen LogP) is -6.06. The molecule has 0 unspecified atom stereocenters. The smallest absolute Gasteiger partial charge is 0.305 e. The summed E-state index contributed by atoms with van der Waals surface area (Å²) in [5.41, 5.74) is 23.3. The Morgan fingerprint density at radius 1 is 0.644 bits per heavy atom. The van der Waals surface area contributed by atoms with Crippen molar-refractivity contribution in [2.45, 2.75) is 113 Å². The van der Waals surface area contributed by atoms with Crippen molar-refractivity contribution < 1.29 is 73.2 Å². The van der Waals surface area contributed by atoms with Crippen molar-refractivity contribution in [1.29, 1.82) is 0 Å². The zero-order valence-electron chi connectivity index (χ0n) is 40.0. The Bertz CT molecular complexity index is 2170. The fourth-order valence-corrected chi connectivity index (χ4v) is 7.12. The first-order valence-electron chi connectivity index (χ1n) is 23.0. The highest BCUT2D eigenvalue weighted by Gasteiger charge is 2.36. The number of amides is 1. The molecule has 8 atom stereocenters. The van der Waals surface area contributed by atoms with E-state index in [0.717, 1.165) is 0 Å². The van der Waals surface area contributed by atoms with E-state index in [9.17, 15) is 68.1 Å². The number of carbonyl (C=O) groups excluding carboxylic acids is 8. The third-order valence-corrected chi connectivity index (χ3v) is 11.3. The van der Waals surface area contributed by atoms with E-state index in [1.165, 1.54) is 19.4 Å². The number of aromatic amines is 1. The van der Waals surface area contributed by atoms with Crippen molar-refractivity contribution in [3.63, 3.8) is 0 Å². The van der Waals surface area contributed by atoms with Crippen molar-refractivity contribution in [2.75, 3.05) is 38.7 Å². The number of aliphatic hydroxyl groups excluding tert-OH is 1. The molecule has 1 aromatic heterocycles. The first kappa shape index (κ1) is 63.0. The molecule has 0 aliphatic carbocycles. The molecular weight excluding hydrogens is 983 g/mol. The van der Waals surface area contributed by atoms with Crippen LogP contribution < -0.4 is 60.0 Å². The molecule has 0 radical (unpaired) electrons. The van der Waals surface area contributed by atoms with E-state index in [1.54, 1.807) is 30.3 Å². The summed E-state index contributed by atoms with van der Waals surface area (Å²) in [5, 5.41) is 52.7. The van der Waals surface area contributed by atoms with Crippen molar-refractivity contribution in [3.8, 4) is 0 Å². The molecule has 0 saturated carbocycles. The van der Waals surface area contributed by atoms with Crippen LogP contribution in [0.5, 0.6) is 0 Å². The highest BCUT2D eigenvalue weighted by atomic mass is 32.1. The van der Waals surface area contributed by atoms with E-state index < -0.39 is 171 Å². The lowest BCUT2D eigenvalue weighted by Gasteiger charge is -2.27. The van der Waals surface area contributed by atoms with Gasteiger partial charge in [0, 0.05) is 30.5 Å². The third-order valence-electron chi connectivity index (χ3n) is 11.0. The minimum atomic E-state index is -1.71. The second-order valence-electron chi connectivity index (χ2n) is 16.7. The van der Waals surface area contributed by atoms with Crippen molar-refractivity contribution >= 4 is 76.9 Å². The summed E-state index contributed by atoms with van der Waals surface area (Å²) < 4.78 is 0. The van der Waals surface area contributed by atoms with E-state index >= 15 is 0 Å². The number of benzene rings is 1. The summed E-state index contributed by atoms with van der Waals surface area (Å²) in [6.45, 7) is -0.912. The van der Waals surface area contributed by atoms with Crippen molar-refractivity contribution in [1.82, 2.24) is 52.7 Å². The molecule has 0 saturated heterocycles. The summed E-state index contributed by atoms with van der Waals surface area (Å²) in [4.78, 5) is 149. The Morgan fingerprint density at radius 3 is 1.82 bits per heavy atom. The molecule has 2 aromatic rings. The van der Waals surface area contributed by atoms with Crippen molar-refractivity contribution in [3.05, 3.63) is 54.1 Å². The Balaban J connectivity index is 2.43. The Hall–Kier alpha value is -6.09. The Labute approximate surface area is 424 Å². The van der Waals surface area contributed by atoms with Crippen LogP contribution in [0.3, 0.4) is 0 Å². The number of aromatic nitrogens is 2. The van der Waals surface area contributed by atoms with Gasteiger partial charge in [0.05, 0.1) is 93.9 Å². The lowest BCUT2D eigenvalue weighted by molar-refractivity contribution is -0.143. The van der Waals surface area contributed by atoms with Crippen molar-refractivity contribution in [2.24, 2.45) is 17.2 Å². The second-order valence-corrected chi connectivity index (χ2v) is 17.1. The minimum Gasteiger partial charge on any atom is -0.481 e. The van der Waals surface area contributed by atoms with Crippen LogP contribution in [-0.2, 0) is 65.6 Å². The SMILES string of the molecule is C[C@H](NCC(=O)[C@@H](N)CC(=O)O)C(=O)CN[C@@H](CCC(=O)O)C(=O)C(=O)[C@H](Cc1ccccc1)NN[C@@H](CCCNC(N)N)C(=O)N[C@@H](Cc1cnc[nH]1)C(=O)CN[C@@H](CC(=O)O)C(=O)C(=O)[C@H](CS)NCO. The van der Waals surface area contributed by atoms with E-state index in [2.05, 4.69) is 65.3 Å². The molecule has 19 N–H and O–H groups in total. The maximum Gasteiger partial charge on any atom is 0.305 e. The summed E-state index contributed by atoms with van der Waals surface area (Å²) in [5.74, 6) is -11.8. The number of H-pyrrole nitrogens is 1. The molecule has 0 aliphatic heterocycles. The van der Waals surface area contributed by atoms with E-state index in [-0.39, 0.29) is 38.0 Å². The maximum absolute atomic E-state index is 14.3. The number of nitrogens with two attached hydrogens (primary N) is 3. The third kappa shape index (κ3) is 24.0. The number of aliphatic hydroxyl groups is 1. The Kier molecular flexibility index (Phi) is 29.0. The predicted molar refractivity (Wildman–Crippen MR) is 261 cm³/mol. The average Bonchev–Trinajstić information content (AvgIpc) is 3.87. The lowest BCUT2D eigenvalue weighted by atomic mass is 9.95. The zero-order chi connectivity index (χ0) is 54.6. The summed E-state index contributed by atoms with van der Waals surface area (Å²) in [6.07, 6.45) is -1.07. The quantitative estimate of drug-likeness (QED) is 0.00967. The molecule has 0 fully saturated rings. The number of thiol groups is 1. The number of nitrogens with one attached hydrogen (secondary N) is 9. The monoisotopic (exact) mass is 1050 g/mol. The second kappa shape index (κ2) is 33.6. The van der Waals surface area contributed by atoms with Gasteiger partial charge in [-0.3, -0.25) is 68.7 Å². The minimum absolute atomic E-state index is 0.0400. The van der Waals surface area contributed by atoms with Gasteiger partial charge >= 0.3 is 17.9 Å². The zero-order valence-corrected chi connectivity index (χ0v) is 40.9. The standard InChI is InChI=1S/C44H67N13O15S/c1-23(50-18-34(60)26(45)14-37(64)65)33(59)17-51-27(9-10-36(62)63)39(68)41(70)31(12-24-6-3-2-4-7-24)57-56-28(8-5-11-49-44(46)47)43(72)55-29(13-25-16-48-21-53-25)35(61)19-52-30(15-38(66)67)40(69)42(71)32(20-73)54-22-58/h2-4,6-7,16,21,23,26-32,44,49-52,54,56-58,73H,5,8-15,17-20,22,45-47H2,1H3,(H,48,53)(H,55,72)(H,62,63)(H,64,65)(H,66,67)/t23-,26-,27-,28-,29-,30-,31-,32-/m0/s1. The molecule has 2 rings (SSSR count). The number of aliphatic carboxylic acids is 3. The Morgan fingerprint density at radius 2 is 1.23 bits per heavy atom. The van der Waals surface area contributed by atoms with Gasteiger partial charge in [-0.05, 0) is 44.7 Å². The molecular formula is C44H67N13O15S. The summed E-state index contributed by atoms with van der Waals surface area (Å²) in [6, 6.07) is -2.71. The number of hydrogen-bond donors (Lipinski definition) is 17. The van der Waals surface area contributed by atoms with Gasteiger partial charge in [-0.2, -0.15) is 12.6 Å². The van der Waals surface area contributed by atoms with Crippen LogP contribution in [0.2, 0.25) is 0 Å². The summed E-state index contributed by atoms with van der Waals surface area (Å²) in [7, 11) is 0. The normalized spacial score (nSPS) is 14.7. The molecule has 1 amide bonds. The molecule has 1 heterocycles. The van der Waals surface area contributed by atoms with Crippen LogP contribution in [0.15, 0.2) is 42.9 Å². The molecule has 0 aliphatic rings. The first-order chi connectivity index (χ1) is 34.6. The van der Waals surface area contributed by atoms with Crippen LogP contribution in [0.25, 0.3) is 0 Å². The number of carboxylic acid groups (broad SMARTS) is 3. The van der Waals surface area contributed by atoms with Gasteiger partial charge < -0.3 is 58.6 Å². The van der Waals surface area contributed by atoms with Gasteiger partial charge in [0.1, 0.15) is 6.29 Å². The largest absolute Gasteiger partial charge is 0.481 e. The lowest BCUT2D eigenvalue weighted by Crippen LogP contribution is -2.60. The van der Waals surface area contributed by atoms with E-state index in [0.29, 0.717) is 11.3 Å². The molecule has 28 nitrogen and oxygen atoms in total. The van der Waals surface area contributed by atoms with Gasteiger partial charge in [-0.15, -0.1) is 0 Å². The number of rotatable bonds is 42. The summed E-state index contributed by atoms with van der Waals surface area (Å²) >= 11 is 3.99. The number of imidazole rings is 1. The number of carbonyl (C=O) groups is 11. The van der Waals surface area contributed by atoms with Crippen LogP contribution in [0.1, 0.15) is 56.7 Å². The van der Waals surface area contributed by atoms with Gasteiger partial charge in [0.15, 0.2) is 17.3 Å². The molecule has 404 valence electrons.